The minimum atomic E-state index is 0.668. The maximum absolute atomic E-state index is 5.78. The largest absolute Gasteiger partial charge is 0.496 e. The molecular weight excluding hydrogens is 240 g/mol. The maximum Gasteiger partial charge on any atom is 0.144 e. The molecule has 0 amide bonds. The zero-order chi connectivity index (χ0) is 13.4. The van der Waals surface area contributed by atoms with Crippen molar-refractivity contribution in [1.29, 1.82) is 0 Å². The van der Waals surface area contributed by atoms with Crippen LogP contribution in [0.3, 0.4) is 0 Å². The molecule has 0 bridgehead atoms. The number of ether oxygens (including phenoxy) is 1. The number of nitrogen functional groups attached to an aromatic ring is 1. The summed E-state index contributed by atoms with van der Waals surface area (Å²) in [6, 6.07) is 7.45. The van der Waals surface area contributed by atoms with Gasteiger partial charge in [0.25, 0.3) is 0 Å². The van der Waals surface area contributed by atoms with E-state index in [1.165, 1.54) is 0 Å². The van der Waals surface area contributed by atoms with Gasteiger partial charge in [0.05, 0.1) is 29.9 Å². The van der Waals surface area contributed by atoms with Crippen LogP contribution in [-0.4, -0.2) is 21.6 Å². The van der Waals surface area contributed by atoms with Crippen molar-refractivity contribution in [3.63, 3.8) is 0 Å². The van der Waals surface area contributed by atoms with Gasteiger partial charge in [0, 0.05) is 25.0 Å². The number of nitrogens with two attached hydrogens (primary N) is 1. The van der Waals surface area contributed by atoms with Crippen molar-refractivity contribution in [1.82, 2.24) is 14.5 Å². The molecule has 2 heterocycles. The van der Waals surface area contributed by atoms with Crippen molar-refractivity contribution in [2.45, 2.75) is 0 Å². The normalized spacial score (nSPS) is 10.8. The van der Waals surface area contributed by atoms with E-state index in [0.717, 1.165) is 22.4 Å². The van der Waals surface area contributed by atoms with E-state index in [1.54, 1.807) is 25.6 Å². The Bertz CT molecular complexity index is 748. The van der Waals surface area contributed by atoms with Gasteiger partial charge >= 0.3 is 0 Å². The summed E-state index contributed by atoms with van der Waals surface area (Å²) in [6.07, 6.45) is 3.54. The van der Waals surface area contributed by atoms with E-state index in [9.17, 15) is 0 Å². The molecule has 5 heteroatoms. The smallest absolute Gasteiger partial charge is 0.144 e. The number of hydrogen-bond acceptors (Lipinski definition) is 4. The van der Waals surface area contributed by atoms with Crippen LogP contribution in [0.1, 0.15) is 0 Å². The molecule has 1 aromatic carbocycles. The number of aryl methyl sites for hydroxylation is 1. The summed E-state index contributed by atoms with van der Waals surface area (Å²) < 4.78 is 7.38. The highest BCUT2D eigenvalue weighted by Gasteiger charge is 2.14. The minimum absolute atomic E-state index is 0.668. The Hall–Kier alpha value is -2.56. The van der Waals surface area contributed by atoms with Gasteiger partial charge < -0.3 is 15.0 Å². The maximum atomic E-state index is 5.78. The summed E-state index contributed by atoms with van der Waals surface area (Å²) in [5, 5.41) is 0. The van der Waals surface area contributed by atoms with E-state index >= 15 is 0 Å². The number of imidazole rings is 1. The first-order valence-electron chi connectivity index (χ1n) is 5.91. The van der Waals surface area contributed by atoms with Crippen molar-refractivity contribution in [3.05, 3.63) is 36.7 Å². The second kappa shape index (κ2) is 4.28. The Morgan fingerprint density at radius 2 is 2.11 bits per heavy atom. The Kier molecular flexibility index (Phi) is 2.59. The fourth-order valence-electron chi connectivity index (χ4n) is 2.17. The Balaban J connectivity index is 2.27. The number of benzene rings is 1. The lowest BCUT2D eigenvalue weighted by molar-refractivity contribution is 0.416. The average Bonchev–Trinajstić information content (AvgIpc) is 2.76. The Morgan fingerprint density at radius 3 is 2.84 bits per heavy atom. The van der Waals surface area contributed by atoms with Crippen LogP contribution < -0.4 is 10.5 Å². The van der Waals surface area contributed by atoms with Crippen molar-refractivity contribution < 1.29 is 4.74 Å². The molecule has 0 saturated heterocycles. The molecule has 0 aliphatic carbocycles. The van der Waals surface area contributed by atoms with Gasteiger partial charge in [-0.05, 0) is 18.2 Å². The summed E-state index contributed by atoms with van der Waals surface area (Å²) >= 11 is 0. The molecular formula is C14H14N4O. The number of nitrogens with zero attached hydrogens (tertiary/aromatic N) is 3. The van der Waals surface area contributed by atoms with Crippen LogP contribution in [0, 0.1) is 0 Å². The molecule has 5 nitrogen and oxygen atoms in total. The minimum Gasteiger partial charge on any atom is -0.496 e. The highest BCUT2D eigenvalue weighted by atomic mass is 16.5. The number of rotatable bonds is 2. The van der Waals surface area contributed by atoms with Crippen molar-refractivity contribution in [3.8, 4) is 17.1 Å². The second-order valence-electron chi connectivity index (χ2n) is 4.32. The molecule has 3 aromatic rings. The van der Waals surface area contributed by atoms with Gasteiger partial charge in [-0.3, -0.25) is 4.98 Å². The highest BCUT2D eigenvalue weighted by molar-refractivity contribution is 5.81. The van der Waals surface area contributed by atoms with Gasteiger partial charge in [-0.2, -0.15) is 0 Å². The molecule has 2 N–H and O–H groups in total. The summed E-state index contributed by atoms with van der Waals surface area (Å²) in [5.74, 6) is 1.55. The van der Waals surface area contributed by atoms with Crippen LogP contribution in [0.4, 0.5) is 5.69 Å². The van der Waals surface area contributed by atoms with Crippen LogP contribution in [0.25, 0.3) is 22.4 Å². The highest BCUT2D eigenvalue weighted by Crippen LogP contribution is 2.32. The number of fused-ring (bicyclic) bond motifs is 1. The van der Waals surface area contributed by atoms with E-state index in [2.05, 4.69) is 9.97 Å². The molecule has 0 aliphatic heterocycles. The van der Waals surface area contributed by atoms with E-state index < -0.39 is 0 Å². The summed E-state index contributed by atoms with van der Waals surface area (Å²) in [4.78, 5) is 8.75. The quantitative estimate of drug-likeness (QED) is 0.712. The third-order valence-corrected chi connectivity index (χ3v) is 3.15. The lowest BCUT2D eigenvalue weighted by Gasteiger charge is -2.09. The number of pyridine rings is 1. The molecule has 0 fully saturated rings. The van der Waals surface area contributed by atoms with E-state index in [1.807, 2.05) is 29.8 Å². The lowest BCUT2D eigenvalue weighted by Crippen LogP contribution is -1.97. The first-order valence-corrected chi connectivity index (χ1v) is 5.91. The molecule has 0 aliphatic rings. The van der Waals surface area contributed by atoms with E-state index in [4.69, 9.17) is 10.5 Å². The van der Waals surface area contributed by atoms with Crippen molar-refractivity contribution in [2.24, 2.45) is 7.05 Å². The van der Waals surface area contributed by atoms with Crippen LogP contribution in [0.5, 0.6) is 5.75 Å². The molecule has 0 unspecified atom stereocenters. The first-order chi connectivity index (χ1) is 9.20. The predicted octanol–water partition coefficient (Wildman–Crippen LogP) is 2.23. The van der Waals surface area contributed by atoms with Crippen molar-refractivity contribution >= 4 is 16.7 Å². The third kappa shape index (κ3) is 1.79. The summed E-state index contributed by atoms with van der Waals surface area (Å²) in [7, 11) is 3.59. The predicted molar refractivity (Wildman–Crippen MR) is 74.9 cm³/mol. The van der Waals surface area contributed by atoms with Gasteiger partial charge in [-0.15, -0.1) is 0 Å². The standard InChI is InChI=1S/C14H14N4O/c1-18-12-8-16-6-5-11(12)17-14(18)10-4-3-9(15)7-13(10)19-2/h3-8H,15H2,1-2H3. The Morgan fingerprint density at radius 1 is 1.26 bits per heavy atom. The molecule has 19 heavy (non-hydrogen) atoms. The molecule has 0 radical (unpaired) electrons. The lowest BCUT2D eigenvalue weighted by atomic mass is 10.1. The third-order valence-electron chi connectivity index (χ3n) is 3.15. The second-order valence-corrected chi connectivity index (χ2v) is 4.32. The fourth-order valence-corrected chi connectivity index (χ4v) is 2.17. The van der Waals surface area contributed by atoms with Crippen LogP contribution >= 0.6 is 0 Å². The van der Waals surface area contributed by atoms with Gasteiger partial charge in [-0.25, -0.2) is 4.98 Å². The SMILES string of the molecule is COc1cc(N)ccc1-c1nc2ccncc2n1C. The van der Waals surface area contributed by atoms with E-state index in [0.29, 0.717) is 11.4 Å². The molecule has 2 aromatic heterocycles. The summed E-state index contributed by atoms with van der Waals surface area (Å²) in [6.45, 7) is 0. The number of hydrogen-bond donors (Lipinski definition) is 1. The van der Waals surface area contributed by atoms with E-state index in [-0.39, 0.29) is 0 Å². The zero-order valence-electron chi connectivity index (χ0n) is 10.8. The average molecular weight is 254 g/mol. The molecule has 0 saturated carbocycles. The topological polar surface area (TPSA) is 66.0 Å². The monoisotopic (exact) mass is 254 g/mol. The number of anilines is 1. The number of methoxy groups -OCH3 is 1. The first kappa shape index (κ1) is 11.5. The van der Waals surface area contributed by atoms with Crippen LogP contribution in [0.15, 0.2) is 36.7 Å². The van der Waals surface area contributed by atoms with Crippen LogP contribution in [-0.2, 0) is 7.05 Å². The Labute approximate surface area is 110 Å². The molecule has 3 rings (SSSR count). The van der Waals surface area contributed by atoms with Gasteiger partial charge in [0.15, 0.2) is 0 Å². The van der Waals surface area contributed by atoms with Gasteiger partial charge in [0.2, 0.25) is 0 Å². The van der Waals surface area contributed by atoms with Crippen LogP contribution in [0.2, 0.25) is 0 Å². The van der Waals surface area contributed by atoms with Gasteiger partial charge in [-0.1, -0.05) is 0 Å². The zero-order valence-corrected chi connectivity index (χ0v) is 10.8. The molecule has 96 valence electrons. The number of aromatic nitrogens is 3. The molecule has 0 spiro atoms. The fraction of sp³-hybridized carbons (Fsp3) is 0.143. The van der Waals surface area contributed by atoms with Crippen molar-refractivity contribution in [2.75, 3.05) is 12.8 Å². The van der Waals surface area contributed by atoms with Gasteiger partial charge in [0.1, 0.15) is 11.6 Å². The summed E-state index contributed by atoms with van der Waals surface area (Å²) in [5.41, 5.74) is 9.25. The molecule has 0 atom stereocenters.